The Hall–Kier alpha value is -2.65. The molecule has 0 aromatic heterocycles. The second-order valence-corrected chi connectivity index (χ2v) is 5.95. The van der Waals surface area contributed by atoms with Crippen molar-refractivity contribution in [2.75, 3.05) is 18.1 Å². The predicted molar refractivity (Wildman–Crippen MR) is 100 cm³/mol. The van der Waals surface area contributed by atoms with E-state index >= 15 is 0 Å². The molecule has 0 atom stereocenters. The number of para-hydroxylation sites is 1. The highest BCUT2D eigenvalue weighted by molar-refractivity contribution is 5.53. The van der Waals surface area contributed by atoms with Crippen LogP contribution in [-0.4, -0.2) is 18.3 Å². The summed E-state index contributed by atoms with van der Waals surface area (Å²) in [5, 5.41) is 9.33. The Balaban J connectivity index is 2.11. The first-order valence-electron chi connectivity index (χ1n) is 8.53. The number of aliphatic hydroxyl groups is 1. The van der Waals surface area contributed by atoms with Gasteiger partial charge >= 0.3 is 0 Å². The first-order chi connectivity index (χ1) is 12.3. The molecular weight excluding hydrogens is 313 g/mol. The van der Waals surface area contributed by atoms with Gasteiger partial charge in [0.15, 0.2) is 0 Å². The first kappa shape index (κ1) is 17.2. The fourth-order valence-electron chi connectivity index (χ4n) is 3.14. The third kappa shape index (κ3) is 4.06. The molecule has 3 aromatic rings. The Morgan fingerprint density at radius 3 is 1.80 bits per heavy atom. The second kappa shape index (κ2) is 8.45. The van der Waals surface area contributed by atoms with Crippen molar-refractivity contribution in [3.63, 3.8) is 0 Å². The zero-order valence-corrected chi connectivity index (χ0v) is 14.1. The third-order valence-electron chi connectivity index (χ3n) is 4.26. The lowest BCUT2D eigenvalue weighted by Gasteiger charge is -2.35. The molecule has 3 rings (SSSR count). The Labute approximate surface area is 148 Å². The number of benzene rings is 3. The molecule has 25 heavy (non-hydrogen) atoms. The van der Waals surface area contributed by atoms with E-state index in [2.05, 4.69) is 24.3 Å². The van der Waals surface area contributed by atoms with Crippen molar-refractivity contribution in [3.05, 3.63) is 102 Å². The van der Waals surface area contributed by atoms with Crippen molar-refractivity contribution in [2.24, 2.45) is 0 Å². The highest BCUT2D eigenvalue weighted by atomic mass is 19.1. The van der Waals surface area contributed by atoms with E-state index in [0.29, 0.717) is 18.7 Å². The average molecular weight is 335 g/mol. The van der Waals surface area contributed by atoms with E-state index < -0.39 is 0 Å². The average Bonchev–Trinajstić information content (AvgIpc) is 2.67. The molecule has 0 aliphatic heterocycles. The molecule has 0 amide bonds. The zero-order chi connectivity index (χ0) is 17.5. The van der Waals surface area contributed by atoms with Crippen LogP contribution in [0.4, 0.5) is 10.1 Å². The number of hydrogen-bond acceptors (Lipinski definition) is 2. The van der Waals surface area contributed by atoms with Gasteiger partial charge in [-0.15, -0.1) is 0 Å². The van der Waals surface area contributed by atoms with E-state index in [9.17, 15) is 9.50 Å². The molecule has 0 fully saturated rings. The molecule has 0 heterocycles. The lowest BCUT2D eigenvalue weighted by molar-refractivity contribution is 0.288. The molecule has 0 saturated heterocycles. The summed E-state index contributed by atoms with van der Waals surface area (Å²) in [4.78, 5) is 2.04. The van der Waals surface area contributed by atoms with Crippen molar-refractivity contribution in [1.29, 1.82) is 0 Å². The topological polar surface area (TPSA) is 23.5 Å². The molecule has 3 heteroatoms. The largest absolute Gasteiger partial charge is 0.396 e. The second-order valence-electron chi connectivity index (χ2n) is 5.95. The number of anilines is 1. The minimum atomic E-state index is -0.252. The highest BCUT2D eigenvalue weighted by Crippen LogP contribution is 2.34. The van der Waals surface area contributed by atoms with E-state index in [4.69, 9.17) is 0 Å². The van der Waals surface area contributed by atoms with Gasteiger partial charge in [-0.05, 0) is 29.7 Å². The van der Waals surface area contributed by atoms with Crippen LogP contribution in [0.25, 0.3) is 0 Å². The minimum absolute atomic E-state index is 0.0707. The van der Waals surface area contributed by atoms with Crippen LogP contribution in [0.2, 0.25) is 0 Å². The van der Waals surface area contributed by atoms with E-state index in [-0.39, 0.29) is 18.5 Å². The minimum Gasteiger partial charge on any atom is -0.396 e. The third-order valence-corrected chi connectivity index (χ3v) is 4.26. The van der Waals surface area contributed by atoms with Gasteiger partial charge in [0, 0.05) is 13.2 Å². The zero-order valence-electron chi connectivity index (χ0n) is 14.1. The smallest absolute Gasteiger partial charge is 0.146 e. The molecule has 0 bridgehead atoms. The quantitative estimate of drug-likeness (QED) is 0.670. The van der Waals surface area contributed by atoms with Crippen LogP contribution >= 0.6 is 0 Å². The lowest BCUT2D eigenvalue weighted by Crippen LogP contribution is -2.31. The number of halogens is 1. The standard InChI is InChI=1S/C22H22FNO/c23-20-14-7-8-15-21(20)24(16-9-17-25)22(18-10-3-1-4-11-18)19-12-5-2-6-13-19/h1-8,10-15,22,25H,9,16-17H2. The highest BCUT2D eigenvalue weighted by Gasteiger charge is 2.24. The number of rotatable bonds is 7. The van der Waals surface area contributed by atoms with E-state index in [1.54, 1.807) is 12.1 Å². The summed E-state index contributed by atoms with van der Waals surface area (Å²) in [5.74, 6) is -0.252. The summed E-state index contributed by atoms with van der Waals surface area (Å²) in [6.07, 6.45) is 0.574. The maximum atomic E-state index is 14.6. The molecular formula is C22H22FNO. The van der Waals surface area contributed by atoms with Gasteiger partial charge in [0.05, 0.1) is 11.7 Å². The van der Waals surface area contributed by atoms with Gasteiger partial charge in [0.25, 0.3) is 0 Å². The fraction of sp³-hybridized carbons (Fsp3) is 0.182. The van der Waals surface area contributed by atoms with Crippen LogP contribution in [0, 0.1) is 5.82 Å². The summed E-state index contributed by atoms with van der Waals surface area (Å²) >= 11 is 0. The monoisotopic (exact) mass is 335 g/mol. The van der Waals surface area contributed by atoms with Gasteiger partial charge in [-0.1, -0.05) is 72.8 Å². The van der Waals surface area contributed by atoms with E-state index in [0.717, 1.165) is 11.1 Å². The maximum Gasteiger partial charge on any atom is 0.146 e. The van der Waals surface area contributed by atoms with Crippen molar-refractivity contribution in [2.45, 2.75) is 12.5 Å². The molecule has 0 aliphatic rings. The van der Waals surface area contributed by atoms with Gasteiger partial charge in [-0.25, -0.2) is 4.39 Å². The Bertz CT molecular complexity index is 737. The molecule has 0 radical (unpaired) electrons. The Morgan fingerprint density at radius 1 is 0.760 bits per heavy atom. The van der Waals surface area contributed by atoms with E-state index in [1.165, 1.54) is 6.07 Å². The van der Waals surface area contributed by atoms with Crippen molar-refractivity contribution >= 4 is 5.69 Å². The summed E-state index contributed by atoms with van der Waals surface area (Å²) in [6, 6.07) is 26.9. The number of aliphatic hydroxyl groups excluding tert-OH is 1. The molecule has 1 N–H and O–H groups in total. The van der Waals surface area contributed by atoms with Crippen LogP contribution in [0.5, 0.6) is 0 Å². The van der Waals surface area contributed by atoms with Gasteiger partial charge in [0.1, 0.15) is 5.82 Å². The molecule has 0 aliphatic carbocycles. The fourth-order valence-corrected chi connectivity index (χ4v) is 3.14. The molecule has 3 aromatic carbocycles. The SMILES string of the molecule is OCCCN(c1ccccc1F)C(c1ccccc1)c1ccccc1. The maximum absolute atomic E-state index is 14.6. The van der Waals surface area contributed by atoms with Crippen LogP contribution < -0.4 is 4.90 Å². The van der Waals surface area contributed by atoms with E-state index in [1.807, 2.05) is 47.4 Å². The summed E-state index contributed by atoms with van der Waals surface area (Å²) in [6.45, 7) is 0.632. The van der Waals surface area contributed by atoms with Crippen LogP contribution in [0.15, 0.2) is 84.9 Å². The normalized spacial score (nSPS) is 10.8. The predicted octanol–water partition coefficient (Wildman–Crippen LogP) is 4.80. The van der Waals surface area contributed by atoms with Gasteiger partial charge < -0.3 is 10.0 Å². The Kier molecular flexibility index (Phi) is 5.81. The molecule has 128 valence electrons. The summed E-state index contributed by atoms with van der Waals surface area (Å²) in [5.41, 5.74) is 2.73. The first-order valence-corrected chi connectivity index (χ1v) is 8.53. The summed E-state index contributed by atoms with van der Waals surface area (Å²) < 4.78 is 14.6. The van der Waals surface area contributed by atoms with Gasteiger partial charge in [0.2, 0.25) is 0 Å². The molecule has 0 spiro atoms. The lowest BCUT2D eigenvalue weighted by atomic mass is 9.96. The summed E-state index contributed by atoms with van der Waals surface area (Å²) in [7, 11) is 0. The van der Waals surface area contributed by atoms with Crippen molar-refractivity contribution < 1.29 is 9.50 Å². The molecule has 2 nitrogen and oxygen atoms in total. The van der Waals surface area contributed by atoms with Gasteiger partial charge in [-0.2, -0.15) is 0 Å². The van der Waals surface area contributed by atoms with Crippen LogP contribution in [0.1, 0.15) is 23.6 Å². The van der Waals surface area contributed by atoms with Crippen LogP contribution in [0.3, 0.4) is 0 Å². The molecule has 0 unspecified atom stereocenters. The number of nitrogens with zero attached hydrogens (tertiary/aromatic N) is 1. The van der Waals surface area contributed by atoms with Gasteiger partial charge in [-0.3, -0.25) is 0 Å². The van der Waals surface area contributed by atoms with Crippen molar-refractivity contribution in [3.8, 4) is 0 Å². The number of hydrogen-bond donors (Lipinski definition) is 1. The molecule has 0 saturated carbocycles. The van der Waals surface area contributed by atoms with Crippen molar-refractivity contribution in [1.82, 2.24) is 0 Å². The van der Waals surface area contributed by atoms with Crippen LogP contribution in [-0.2, 0) is 0 Å². The Morgan fingerprint density at radius 2 is 1.28 bits per heavy atom.